The third kappa shape index (κ3) is 2.96. The number of phenolic OH excluding ortho intramolecular Hbond substituents is 1. The standard InChI is InChI=1S/C17H24O5/c1-16(2,3)10-7-9(13-14(15(19)20)22-21-13)8-11(12(10)18)17(4,5)6/h7-8,13-14,18H,1-6H3,(H,19,20). The third-order valence-electron chi connectivity index (χ3n) is 3.86. The second kappa shape index (κ2) is 5.25. The average molecular weight is 308 g/mol. The first-order chi connectivity index (χ1) is 9.93. The number of aromatic hydroxyl groups is 1. The molecule has 5 heteroatoms. The molecule has 2 N–H and O–H groups in total. The fourth-order valence-corrected chi connectivity index (χ4v) is 2.53. The second-order valence-electron chi connectivity index (χ2n) is 7.84. The summed E-state index contributed by atoms with van der Waals surface area (Å²) in [6, 6.07) is 3.63. The molecular weight excluding hydrogens is 284 g/mol. The monoisotopic (exact) mass is 308 g/mol. The number of hydrogen-bond acceptors (Lipinski definition) is 4. The number of phenols is 1. The summed E-state index contributed by atoms with van der Waals surface area (Å²) in [5, 5.41) is 19.8. The molecule has 0 aromatic heterocycles. The number of aliphatic carboxylic acids is 1. The topological polar surface area (TPSA) is 76.0 Å². The smallest absolute Gasteiger partial charge is 0.339 e. The summed E-state index contributed by atoms with van der Waals surface area (Å²) in [7, 11) is 0. The number of benzene rings is 1. The predicted molar refractivity (Wildman–Crippen MR) is 81.8 cm³/mol. The van der Waals surface area contributed by atoms with Crippen molar-refractivity contribution in [2.75, 3.05) is 0 Å². The zero-order valence-electron chi connectivity index (χ0n) is 13.9. The molecule has 22 heavy (non-hydrogen) atoms. The Bertz CT molecular complexity index is 557. The van der Waals surface area contributed by atoms with Gasteiger partial charge in [-0.25, -0.2) is 14.6 Å². The van der Waals surface area contributed by atoms with Gasteiger partial charge in [-0.3, -0.25) is 0 Å². The van der Waals surface area contributed by atoms with Crippen LogP contribution in [0.2, 0.25) is 0 Å². The van der Waals surface area contributed by atoms with E-state index in [0.717, 1.165) is 11.1 Å². The molecular formula is C17H24O5. The molecule has 2 rings (SSSR count). The van der Waals surface area contributed by atoms with E-state index in [-0.39, 0.29) is 16.6 Å². The highest BCUT2D eigenvalue weighted by atomic mass is 17.2. The van der Waals surface area contributed by atoms with E-state index < -0.39 is 18.2 Å². The molecule has 1 heterocycles. The summed E-state index contributed by atoms with van der Waals surface area (Å²) in [6.07, 6.45) is -1.66. The molecule has 0 saturated carbocycles. The number of carboxylic acids is 1. The quantitative estimate of drug-likeness (QED) is 0.818. The number of rotatable bonds is 2. The summed E-state index contributed by atoms with van der Waals surface area (Å²) in [5.41, 5.74) is 1.71. The number of carboxylic acid groups (broad SMARTS) is 1. The van der Waals surface area contributed by atoms with Gasteiger partial charge in [-0.2, -0.15) is 0 Å². The van der Waals surface area contributed by atoms with Crippen LogP contribution in [0.1, 0.15) is 64.3 Å². The molecule has 2 unspecified atom stereocenters. The normalized spacial score (nSPS) is 22.3. The van der Waals surface area contributed by atoms with Crippen LogP contribution in [0.3, 0.4) is 0 Å². The first-order valence-corrected chi connectivity index (χ1v) is 7.35. The van der Waals surface area contributed by atoms with Crippen LogP contribution >= 0.6 is 0 Å². The summed E-state index contributed by atoms with van der Waals surface area (Å²) < 4.78 is 0. The molecule has 122 valence electrons. The molecule has 0 amide bonds. The molecule has 0 aliphatic carbocycles. The molecule has 1 aliphatic rings. The predicted octanol–water partition coefficient (Wildman–Crippen LogP) is 3.44. The van der Waals surface area contributed by atoms with Crippen molar-refractivity contribution in [1.29, 1.82) is 0 Å². The van der Waals surface area contributed by atoms with E-state index in [0.29, 0.717) is 5.56 Å². The van der Waals surface area contributed by atoms with Crippen molar-refractivity contribution in [3.8, 4) is 5.75 Å². The average Bonchev–Trinajstić information content (AvgIpc) is 2.25. The van der Waals surface area contributed by atoms with Gasteiger partial charge in [0.25, 0.3) is 0 Å². The molecule has 0 spiro atoms. The lowest BCUT2D eigenvalue weighted by Gasteiger charge is -2.34. The minimum absolute atomic E-state index is 0.260. The summed E-state index contributed by atoms with van der Waals surface area (Å²) in [4.78, 5) is 20.8. The highest BCUT2D eigenvalue weighted by Crippen LogP contribution is 2.43. The molecule has 1 aliphatic heterocycles. The largest absolute Gasteiger partial charge is 0.507 e. The Morgan fingerprint density at radius 2 is 1.45 bits per heavy atom. The minimum atomic E-state index is -1.06. The molecule has 1 saturated heterocycles. The lowest BCUT2D eigenvalue weighted by molar-refractivity contribution is -0.459. The zero-order valence-corrected chi connectivity index (χ0v) is 13.9. The van der Waals surface area contributed by atoms with Gasteiger partial charge in [-0.1, -0.05) is 41.5 Å². The zero-order chi connectivity index (χ0) is 16.9. The van der Waals surface area contributed by atoms with Crippen molar-refractivity contribution < 1.29 is 24.8 Å². The van der Waals surface area contributed by atoms with Gasteiger partial charge < -0.3 is 10.2 Å². The van der Waals surface area contributed by atoms with Gasteiger partial charge in [0.1, 0.15) is 5.75 Å². The van der Waals surface area contributed by atoms with Crippen LogP contribution in [0, 0.1) is 0 Å². The fraction of sp³-hybridized carbons (Fsp3) is 0.588. The van der Waals surface area contributed by atoms with Crippen molar-refractivity contribution in [2.24, 2.45) is 0 Å². The van der Waals surface area contributed by atoms with Crippen molar-refractivity contribution in [3.05, 3.63) is 28.8 Å². The Labute approximate surface area is 130 Å². The molecule has 0 bridgehead atoms. The lowest BCUT2D eigenvalue weighted by Crippen LogP contribution is -2.42. The molecule has 0 radical (unpaired) electrons. The van der Waals surface area contributed by atoms with Gasteiger partial charge in [-0.05, 0) is 39.7 Å². The number of carbonyl (C=O) groups is 1. The van der Waals surface area contributed by atoms with Crippen LogP contribution in [-0.4, -0.2) is 22.3 Å². The van der Waals surface area contributed by atoms with Crippen molar-refractivity contribution in [3.63, 3.8) is 0 Å². The van der Waals surface area contributed by atoms with Gasteiger partial charge in [0.15, 0.2) is 6.10 Å². The van der Waals surface area contributed by atoms with Crippen LogP contribution in [-0.2, 0) is 25.4 Å². The lowest BCUT2D eigenvalue weighted by atomic mass is 9.77. The Hall–Kier alpha value is -1.59. The van der Waals surface area contributed by atoms with Crippen LogP contribution in [0.4, 0.5) is 0 Å². The Balaban J connectivity index is 2.59. The Morgan fingerprint density at radius 3 is 1.73 bits per heavy atom. The van der Waals surface area contributed by atoms with Crippen LogP contribution in [0.15, 0.2) is 12.1 Å². The third-order valence-corrected chi connectivity index (χ3v) is 3.86. The minimum Gasteiger partial charge on any atom is -0.507 e. The van der Waals surface area contributed by atoms with E-state index >= 15 is 0 Å². The van der Waals surface area contributed by atoms with E-state index in [1.807, 2.05) is 53.7 Å². The number of hydrogen-bond donors (Lipinski definition) is 2. The van der Waals surface area contributed by atoms with Crippen LogP contribution < -0.4 is 0 Å². The van der Waals surface area contributed by atoms with Gasteiger partial charge in [0.2, 0.25) is 6.10 Å². The van der Waals surface area contributed by atoms with E-state index in [9.17, 15) is 9.90 Å². The van der Waals surface area contributed by atoms with E-state index in [2.05, 4.69) is 4.89 Å². The Morgan fingerprint density at radius 1 is 1.00 bits per heavy atom. The van der Waals surface area contributed by atoms with Crippen molar-refractivity contribution in [2.45, 2.75) is 64.6 Å². The van der Waals surface area contributed by atoms with E-state index in [1.165, 1.54) is 0 Å². The maximum absolute atomic E-state index is 11.1. The second-order valence-corrected chi connectivity index (χ2v) is 7.84. The molecule has 2 atom stereocenters. The van der Waals surface area contributed by atoms with Crippen molar-refractivity contribution >= 4 is 5.97 Å². The Kier molecular flexibility index (Phi) is 4.00. The molecule has 5 nitrogen and oxygen atoms in total. The SMILES string of the molecule is CC(C)(C)c1cc(C2OOC2C(=O)O)cc(C(C)(C)C)c1O. The first-order valence-electron chi connectivity index (χ1n) is 7.35. The van der Waals surface area contributed by atoms with Crippen LogP contribution in [0.5, 0.6) is 5.75 Å². The van der Waals surface area contributed by atoms with Crippen LogP contribution in [0.25, 0.3) is 0 Å². The highest BCUT2D eigenvalue weighted by molar-refractivity contribution is 5.74. The fourth-order valence-electron chi connectivity index (χ4n) is 2.53. The van der Waals surface area contributed by atoms with Crippen molar-refractivity contribution in [1.82, 2.24) is 0 Å². The molecule has 1 aromatic rings. The summed E-state index contributed by atoms with van der Waals surface area (Å²) in [5.74, 6) is -0.796. The maximum Gasteiger partial charge on any atom is 0.339 e. The maximum atomic E-state index is 11.1. The van der Waals surface area contributed by atoms with E-state index in [4.69, 9.17) is 9.99 Å². The first kappa shape index (κ1) is 16.8. The van der Waals surface area contributed by atoms with Gasteiger partial charge in [0, 0.05) is 0 Å². The molecule has 1 aromatic carbocycles. The highest BCUT2D eigenvalue weighted by Gasteiger charge is 2.43. The summed E-state index contributed by atoms with van der Waals surface area (Å²) in [6.45, 7) is 12.0. The van der Waals surface area contributed by atoms with Gasteiger partial charge in [-0.15, -0.1) is 0 Å². The van der Waals surface area contributed by atoms with E-state index in [1.54, 1.807) is 0 Å². The van der Waals surface area contributed by atoms with Gasteiger partial charge >= 0.3 is 5.97 Å². The van der Waals surface area contributed by atoms with Gasteiger partial charge in [0.05, 0.1) is 0 Å². The summed E-state index contributed by atoms with van der Waals surface area (Å²) >= 11 is 0. The molecule has 1 fully saturated rings.